The zero-order chi connectivity index (χ0) is 14.4. The van der Waals surface area contributed by atoms with Gasteiger partial charge in [0.1, 0.15) is 17.9 Å². The molecule has 6 heteroatoms. The minimum absolute atomic E-state index is 0.157. The molecule has 1 aromatic rings. The summed E-state index contributed by atoms with van der Waals surface area (Å²) in [6, 6.07) is 8.64. The van der Waals surface area contributed by atoms with Gasteiger partial charge in [0.2, 0.25) is 0 Å². The van der Waals surface area contributed by atoms with Crippen LogP contribution in [0.4, 0.5) is 0 Å². The van der Waals surface area contributed by atoms with Crippen LogP contribution in [0.2, 0.25) is 0 Å². The predicted octanol–water partition coefficient (Wildman–Crippen LogP) is 0.988. The first-order valence-electron chi connectivity index (χ1n) is 6.39. The summed E-state index contributed by atoms with van der Waals surface area (Å²) in [4.78, 5) is 13.1. The topological polar surface area (TPSA) is 82.8 Å². The van der Waals surface area contributed by atoms with E-state index in [1.807, 2.05) is 0 Å². The number of morpholine rings is 1. The number of carbonyl (C=O) groups is 1. The fourth-order valence-electron chi connectivity index (χ4n) is 2.04. The number of aromatic carboxylic acids is 1. The summed E-state index contributed by atoms with van der Waals surface area (Å²) < 4.78 is 10.8. The van der Waals surface area contributed by atoms with Crippen LogP contribution >= 0.6 is 0 Å². The molecule has 0 spiro atoms. The number of hydrogen-bond acceptors (Lipinski definition) is 5. The highest BCUT2D eigenvalue weighted by molar-refractivity contribution is 5.90. The van der Waals surface area contributed by atoms with Gasteiger partial charge < -0.3 is 14.6 Å². The van der Waals surface area contributed by atoms with Gasteiger partial charge >= 0.3 is 5.97 Å². The number of nitriles is 1. The molecule has 6 nitrogen and oxygen atoms in total. The Morgan fingerprint density at radius 3 is 3.10 bits per heavy atom. The van der Waals surface area contributed by atoms with Crippen molar-refractivity contribution in [1.29, 1.82) is 5.26 Å². The number of nitrogens with zero attached hydrogens (tertiary/aromatic N) is 2. The zero-order valence-corrected chi connectivity index (χ0v) is 11.0. The second-order valence-electron chi connectivity index (χ2n) is 4.44. The molecular weight excluding hydrogens is 260 g/mol. The van der Waals surface area contributed by atoms with E-state index in [1.165, 1.54) is 6.07 Å². The van der Waals surface area contributed by atoms with Crippen molar-refractivity contribution >= 4 is 5.97 Å². The molecule has 0 aromatic heterocycles. The van der Waals surface area contributed by atoms with Gasteiger partial charge in [0, 0.05) is 19.6 Å². The molecular formula is C14H16N2O4. The number of carboxylic acids is 1. The second-order valence-corrected chi connectivity index (χ2v) is 4.44. The van der Waals surface area contributed by atoms with Gasteiger partial charge in [0.05, 0.1) is 12.7 Å². The van der Waals surface area contributed by atoms with Crippen LogP contribution in [0.3, 0.4) is 0 Å². The van der Waals surface area contributed by atoms with Crippen LogP contribution in [0.15, 0.2) is 24.3 Å². The van der Waals surface area contributed by atoms with E-state index in [0.29, 0.717) is 32.1 Å². The minimum atomic E-state index is -1.00. The lowest BCUT2D eigenvalue weighted by Gasteiger charge is -2.29. The van der Waals surface area contributed by atoms with Gasteiger partial charge in [-0.25, -0.2) is 4.79 Å². The number of carboxylic acid groups (broad SMARTS) is 1. The largest absolute Gasteiger partial charge is 0.491 e. The summed E-state index contributed by atoms with van der Waals surface area (Å²) in [5.41, 5.74) is 0.157. The molecule has 0 aliphatic carbocycles. The van der Waals surface area contributed by atoms with Crippen LogP contribution in [-0.2, 0) is 4.74 Å². The highest BCUT2D eigenvalue weighted by atomic mass is 16.5. The molecule has 1 heterocycles. The monoisotopic (exact) mass is 276 g/mol. The van der Waals surface area contributed by atoms with E-state index in [1.54, 1.807) is 18.2 Å². The molecule has 1 unspecified atom stereocenters. The quantitative estimate of drug-likeness (QED) is 0.863. The van der Waals surface area contributed by atoms with E-state index in [9.17, 15) is 4.79 Å². The van der Waals surface area contributed by atoms with E-state index < -0.39 is 12.1 Å². The summed E-state index contributed by atoms with van der Waals surface area (Å²) >= 11 is 0. The summed E-state index contributed by atoms with van der Waals surface area (Å²) in [6.45, 7) is 2.85. The molecule has 1 atom stereocenters. The summed E-state index contributed by atoms with van der Waals surface area (Å²) in [7, 11) is 0. The third kappa shape index (κ3) is 3.70. The average Bonchev–Trinajstić information content (AvgIpc) is 2.48. The number of para-hydroxylation sites is 1. The van der Waals surface area contributed by atoms with Crippen molar-refractivity contribution in [3.8, 4) is 11.8 Å². The lowest BCUT2D eigenvalue weighted by Crippen LogP contribution is -2.43. The fraction of sp³-hybridized carbons (Fsp3) is 0.429. The Balaban J connectivity index is 1.84. The van der Waals surface area contributed by atoms with E-state index in [4.69, 9.17) is 19.8 Å². The molecule has 1 aromatic carbocycles. The van der Waals surface area contributed by atoms with E-state index in [-0.39, 0.29) is 5.56 Å². The smallest absolute Gasteiger partial charge is 0.339 e. The maximum absolute atomic E-state index is 11.0. The molecule has 1 saturated heterocycles. The predicted molar refractivity (Wildman–Crippen MR) is 70.7 cm³/mol. The molecule has 1 aliphatic heterocycles. The standard InChI is InChI=1S/C14H16N2O4/c15-9-11-10-16(5-7-19-11)6-8-20-13-4-2-1-3-12(13)14(17)18/h1-4,11H,5-8,10H2,(H,17,18). The third-order valence-corrected chi connectivity index (χ3v) is 3.08. The average molecular weight is 276 g/mol. The van der Waals surface area contributed by atoms with Crippen LogP contribution in [-0.4, -0.2) is 54.9 Å². The van der Waals surface area contributed by atoms with Crippen molar-refractivity contribution in [1.82, 2.24) is 4.90 Å². The molecule has 1 aliphatic rings. The molecule has 0 saturated carbocycles. The number of ether oxygens (including phenoxy) is 2. The Kier molecular flexibility index (Phi) is 4.93. The lowest BCUT2D eigenvalue weighted by molar-refractivity contribution is -0.00337. The van der Waals surface area contributed by atoms with Gasteiger partial charge in [0.15, 0.2) is 6.10 Å². The van der Waals surface area contributed by atoms with Gasteiger partial charge in [-0.2, -0.15) is 5.26 Å². The Morgan fingerprint density at radius 2 is 2.35 bits per heavy atom. The Morgan fingerprint density at radius 1 is 1.55 bits per heavy atom. The van der Waals surface area contributed by atoms with Crippen LogP contribution in [0.25, 0.3) is 0 Å². The van der Waals surface area contributed by atoms with Crippen molar-refractivity contribution in [2.75, 3.05) is 32.8 Å². The van der Waals surface area contributed by atoms with Crippen molar-refractivity contribution in [3.63, 3.8) is 0 Å². The number of benzene rings is 1. The van der Waals surface area contributed by atoms with Crippen molar-refractivity contribution in [2.45, 2.75) is 6.10 Å². The summed E-state index contributed by atoms with van der Waals surface area (Å²) in [6.07, 6.45) is -0.393. The van der Waals surface area contributed by atoms with Crippen LogP contribution in [0, 0.1) is 11.3 Å². The number of rotatable bonds is 5. The van der Waals surface area contributed by atoms with Crippen LogP contribution < -0.4 is 4.74 Å². The number of hydrogen-bond donors (Lipinski definition) is 1. The molecule has 0 bridgehead atoms. The third-order valence-electron chi connectivity index (χ3n) is 3.08. The summed E-state index contributed by atoms with van der Waals surface area (Å²) in [5, 5.41) is 17.8. The highest BCUT2D eigenvalue weighted by Gasteiger charge is 2.19. The molecule has 20 heavy (non-hydrogen) atoms. The second kappa shape index (κ2) is 6.89. The SMILES string of the molecule is N#CC1CN(CCOc2ccccc2C(=O)O)CCO1. The van der Waals surface area contributed by atoms with Gasteiger partial charge in [-0.05, 0) is 12.1 Å². The van der Waals surface area contributed by atoms with E-state index in [0.717, 1.165) is 6.54 Å². The van der Waals surface area contributed by atoms with Gasteiger partial charge in [-0.15, -0.1) is 0 Å². The van der Waals surface area contributed by atoms with Crippen molar-refractivity contribution in [3.05, 3.63) is 29.8 Å². The molecule has 0 radical (unpaired) electrons. The van der Waals surface area contributed by atoms with Crippen LogP contribution in [0.1, 0.15) is 10.4 Å². The highest BCUT2D eigenvalue weighted by Crippen LogP contribution is 2.17. The first-order valence-corrected chi connectivity index (χ1v) is 6.39. The molecule has 1 fully saturated rings. The fourth-order valence-corrected chi connectivity index (χ4v) is 2.04. The maximum atomic E-state index is 11.0. The van der Waals surface area contributed by atoms with Crippen LogP contribution in [0.5, 0.6) is 5.75 Å². The molecule has 106 valence electrons. The van der Waals surface area contributed by atoms with Crippen molar-refractivity contribution in [2.24, 2.45) is 0 Å². The van der Waals surface area contributed by atoms with E-state index in [2.05, 4.69) is 11.0 Å². The summed E-state index contributed by atoms with van der Waals surface area (Å²) in [5.74, 6) is -0.637. The maximum Gasteiger partial charge on any atom is 0.339 e. The minimum Gasteiger partial charge on any atom is -0.491 e. The van der Waals surface area contributed by atoms with Gasteiger partial charge in [0.25, 0.3) is 0 Å². The normalized spacial score (nSPS) is 19.2. The lowest BCUT2D eigenvalue weighted by atomic mass is 10.2. The first-order chi connectivity index (χ1) is 9.70. The zero-order valence-electron chi connectivity index (χ0n) is 11.0. The molecule has 2 rings (SSSR count). The molecule has 1 N–H and O–H groups in total. The Bertz CT molecular complexity index is 512. The molecule has 0 amide bonds. The Hall–Kier alpha value is -2.10. The Labute approximate surface area is 117 Å². The van der Waals surface area contributed by atoms with Gasteiger partial charge in [-0.3, -0.25) is 4.90 Å². The van der Waals surface area contributed by atoms with E-state index >= 15 is 0 Å². The van der Waals surface area contributed by atoms with Crippen molar-refractivity contribution < 1.29 is 19.4 Å². The first kappa shape index (κ1) is 14.3. The van der Waals surface area contributed by atoms with Gasteiger partial charge in [-0.1, -0.05) is 12.1 Å².